The van der Waals surface area contributed by atoms with Crippen LogP contribution in [0.4, 0.5) is 5.69 Å². The maximum atomic E-state index is 13.1. The molecule has 4 heterocycles. The summed E-state index contributed by atoms with van der Waals surface area (Å²) in [6.07, 6.45) is 2.77. The minimum absolute atomic E-state index is 0.00598. The second-order valence-corrected chi connectivity index (χ2v) is 8.25. The van der Waals surface area contributed by atoms with E-state index >= 15 is 0 Å². The Morgan fingerprint density at radius 2 is 2.03 bits per heavy atom. The van der Waals surface area contributed by atoms with E-state index in [9.17, 15) is 19.7 Å². The molecule has 1 amide bonds. The van der Waals surface area contributed by atoms with E-state index < -0.39 is 16.2 Å². The van der Waals surface area contributed by atoms with E-state index in [0.717, 1.165) is 28.8 Å². The molecule has 0 saturated carbocycles. The van der Waals surface area contributed by atoms with E-state index in [2.05, 4.69) is 0 Å². The van der Waals surface area contributed by atoms with Crippen molar-refractivity contribution in [3.63, 3.8) is 0 Å². The van der Waals surface area contributed by atoms with Crippen molar-refractivity contribution in [1.82, 2.24) is 14.0 Å². The van der Waals surface area contributed by atoms with Crippen LogP contribution >= 0.6 is 0 Å². The van der Waals surface area contributed by atoms with Gasteiger partial charge in [0.1, 0.15) is 12.3 Å². The number of rotatable bonds is 4. The van der Waals surface area contributed by atoms with Crippen molar-refractivity contribution in [2.24, 2.45) is 5.92 Å². The van der Waals surface area contributed by atoms with Gasteiger partial charge in [-0.1, -0.05) is 6.07 Å². The molecule has 0 radical (unpaired) electrons. The fourth-order valence-corrected chi connectivity index (χ4v) is 5.03. The van der Waals surface area contributed by atoms with Crippen molar-refractivity contribution >= 4 is 22.5 Å². The molecule has 160 valence electrons. The number of pyridine rings is 1. The Morgan fingerprint density at radius 3 is 2.81 bits per heavy atom. The number of benzene rings is 1. The maximum Gasteiger partial charge on any atom is 0.334 e. The quantitative estimate of drug-likeness (QED) is 0.475. The van der Waals surface area contributed by atoms with Gasteiger partial charge in [0, 0.05) is 48.9 Å². The van der Waals surface area contributed by atoms with Gasteiger partial charge < -0.3 is 18.8 Å². The van der Waals surface area contributed by atoms with Crippen LogP contribution in [0.3, 0.4) is 0 Å². The van der Waals surface area contributed by atoms with Gasteiger partial charge >= 0.3 is 11.2 Å². The van der Waals surface area contributed by atoms with Crippen LogP contribution < -0.4 is 10.3 Å². The van der Waals surface area contributed by atoms with E-state index in [1.165, 1.54) is 10.6 Å². The third-order valence-corrected chi connectivity index (χ3v) is 6.43. The van der Waals surface area contributed by atoms with Gasteiger partial charge in [-0.2, -0.15) is 0 Å². The number of hydrogen-bond donors (Lipinski definition) is 0. The summed E-state index contributed by atoms with van der Waals surface area (Å²) in [4.78, 5) is 38.0. The molecule has 2 aliphatic rings. The molecule has 0 aliphatic carbocycles. The van der Waals surface area contributed by atoms with Crippen LogP contribution in [0.15, 0.2) is 47.4 Å². The van der Waals surface area contributed by atoms with Gasteiger partial charge in [0.05, 0.1) is 17.5 Å². The Morgan fingerprint density at radius 1 is 1.19 bits per heavy atom. The number of hydrogen-bond acceptors (Lipinski definition) is 5. The van der Waals surface area contributed by atoms with Crippen LogP contribution in [0, 0.1) is 16.0 Å². The minimum Gasteiger partial charge on any atom is -0.496 e. The second-order valence-electron chi connectivity index (χ2n) is 8.25. The first-order valence-electron chi connectivity index (χ1n) is 10.2. The van der Waals surface area contributed by atoms with Gasteiger partial charge in [-0.05, 0) is 36.6 Å². The van der Waals surface area contributed by atoms with Crippen LogP contribution in [0.2, 0.25) is 0 Å². The molecular weight excluding hydrogens is 400 g/mol. The molecule has 2 bridgehead atoms. The number of ether oxygens (including phenoxy) is 1. The molecule has 0 N–H and O–H groups in total. The molecule has 2 unspecified atom stereocenters. The standard InChI is InChI=1S/C22H22N4O5/c1-31-20-4-2-3-18-16(20)7-8-23(18)13-21(27)24-10-14-9-15(12-24)17-5-6-19(26(29)30)22(28)25(17)11-14/h2-8,14-15H,9-13H2,1H3. The Hall–Kier alpha value is -3.62. The van der Waals surface area contributed by atoms with E-state index in [1.807, 2.05) is 39.9 Å². The van der Waals surface area contributed by atoms with E-state index in [0.29, 0.717) is 19.6 Å². The summed E-state index contributed by atoms with van der Waals surface area (Å²) in [7, 11) is 1.63. The van der Waals surface area contributed by atoms with Gasteiger partial charge in [0.2, 0.25) is 5.91 Å². The number of carbonyl (C=O) groups is 1. The van der Waals surface area contributed by atoms with Crippen molar-refractivity contribution in [2.75, 3.05) is 20.2 Å². The molecule has 2 atom stereocenters. The highest BCUT2D eigenvalue weighted by Gasteiger charge is 2.37. The van der Waals surface area contributed by atoms with Gasteiger partial charge in [0.25, 0.3) is 0 Å². The average Bonchev–Trinajstić information content (AvgIpc) is 3.17. The molecule has 0 spiro atoms. The molecular formula is C22H22N4O5. The molecule has 31 heavy (non-hydrogen) atoms. The molecule has 2 aromatic heterocycles. The Kier molecular flexibility index (Phi) is 4.53. The number of methoxy groups -OCH3 is 1. The normalized spacial score (nSPS) is 19.8. The van der Waals surface area contributed by atoms with Gasteiger partial charge in [-0.3, -0.25) is 19.7 Å². The Labute approximate surface area is 177 Å². The molecule has 3 aromatic rings. The molecule has 1 saturated heterocycles. The van der Waals surface area contributed by atoms with Crippen LogP contribution in [-0.2, 0) is 17.9 Å². The maximum absolute atomic E-state index is 13.1. The monoisotopic (exact) mass is 422 g/mol. The lowest BCUT2D eigenvalue weighted by Gasteiger charge is -2.42. The Balaban J connectivity index is 1.38. The van der Waals surface area contributed by atoms with Crippen LogP contribution in [0.5, 0.6) is 5.75 Å². The number of likely N-dealkylation sites (tertiary alicyclic amines) is 1. The summed E-state index contributed by atoms with van der Waals surface area (Å²) in [5, 5.41) is 12.1. The van der Waals surface area contributed by atoms with E-state index in [-0.39, 0.29) is 24.3 Å². The van der Waals surface area contributed by atoms with E-state index in [4.69, 9.17) is 4.74 Å². The topological polar surface area (TPSA) is 99.6 Å². The summed E-state index contributed by atoms with van der Waals surface area (Å²) in [6.45, 7) is 1.69. The average molecular weight is 422 g/mol. The molecule has 2 aliphatic heterocycles. The number of nitrogens with zero attached hydrogens (tertiary/aromatic N) is 4. The fraction of sp³-hybridized carbons (Fsp3) is 0.364. The first kappa shape index (κ1) is 19.3. The van der Waals surface area contributed by atoms with Crippen molar-refractivity contribution < 1.29 is 14.5 Å². The highest BCUT2D eigenvalue weighted by molar-refractivity contribution is 5.88. The van der Waals surface area contributed by atoms with Crippen molar-refractivity contribution in [3.8, 4) is 5.75 Å². The summed E-state index contributed by atoms with van der Waals surface area (Å²) in [5.41, 5.74) is 0.769. The number of nitro groups is 1. The fourth-order valence-electron chi connectivity index (χ4n) is 5.03. The highest BCUT2D eigenvalue weighted by atomic mass is 16.6. The van der Waals surface area contributed by atoms with Gasteiger partial charge in [-0.25, -0.2) is 0 Å². The minimum atomic E-state index is -0.633. The van der Waals surface area contributed by atoms with Crippen LogP contribution in [0.25, 0.3) is 10.9 Å². The number of carbonyl (C=O) groups excluding carboxylic acids is 1. The number of amides is 1. The van der Waals surface area contributed by atoms with E-state index in [1.54, 1.807) is 13.2 Å². The zero-order chi connectivity index (χ0) is 21.7. The zero-order valence-electron chi connectivity index (χ0n) is 17.1. The molecule has 9 nitrogen and oxygen atoms in total. The van der Waals surface area contributed by atoms with Crippen molar-refractivity contribution in [2.45, 2.75) is 25.4 Å². The third kappa shape index (κ3) is 3.17. The van der Waals surface area contributed by atoms with Crippen molar-refractivity contribution in [3.05, 3.63) is 68.8 Å². The molecule has 9 heteroatoms. The largest absolute Gasteiger partial charge is 0.496 e. The predicted molar refractivity (Wildman–Crippen MR) is 113 cm³/mol. The summed E-state index contributed by atoms with van der Waals surface area (Å²) in [5.74, 6) is 0.905. The lowest BCUT2D eigenvalue weighted by atomic mass is 9.83. The number of fused-ring (bicyclic) bond motifs is 5. The molecule has 1 fully saturated rings. The number of aromatic nitrogens is 2. The van der Waals surface area contributed by atoms with Gasteiger partial charge in [-0.15, -0.1) is 0 Å². The first-order chi connectivity index (χ1) is 15.0. The lowest BCUT2D eigenvalue weighted by molar-refractivity contribution is -0.386. The van der Waals surface area contributed by atoms with Crippen LogP contribution in [0.1, 0.15) is 18.0 Å². The SMILES string of the molecule is COc1cccc2c1ccn2CC(=O)N1CC2CC(C1)c1ccc([N+](=O)[O-])c(=O)n1C2. The second kappa shape index (κ2) is 7.26. The summed E-state index contributed by atoms with van der Waals surface area (Å²) in [6, 6.07) is 10.7. The third-order valence-electron chi connectivity index (χ3n) is 6.43. The van der Waals surface area contributed by atoms with Crippen molar-refractivity contribution in [1.29, 1.82) is 0 Å². The summed E-state index contributed by atoms with van der Waals surface area (Å²) >= 11 is 0. The lowest BCUT2D eigenvalue weighted by Crippen LogP contribution is -2.50. The predicted octanol–water partition coefficient (Wildman–Crippen LogP) is 2.37. The smallest absolute Gasteiger partial charge is 0.334 e. The highest BCUT2D eigenvalue weighted by Crippen LogP contribution is 2.36. The molecule has 1 aromatic carbocycles. The summed E-state index contributed by atoms with van der Waals surface area (Å²) < 4.78 is 8.86. The van der Waals surface area contributed by atoms with Gasteiger partial charge in [0.15, 0.2) is 0 Å². The Bertz CT molecular complexity index is 1260. The first-order valence-corrected chi connectivity index (χ1v) is 10.2. The number of piperidine rings is 1. The zero-order valence-corrected chi connectivity index (χ0v) is 17.1. The molecule has 5 rings (SSSR count). The van der Waals surface area contributed by atoms with Crippen LogP contribution in [-0.4, -0.2) is 45.1 Å².